The van der Waals surface area contributed by atoms with Crippen LogP contribution in [0.3, 0.4) is 0 Å². The second-order valence-electron chi connectivity index (χ2n) is 4.38. The topological polar surface area (TPSA) is 66.4 Å². The van der Waals surface area contributed by atoms with Gasteiger partial charge < -0.3 is 5.11 Å². The van der Waals surface area contributed by atoms with Crippen LogP contribution in [0.15, 0.2) is 16.3 Å². The molecule has 1 aliphatic rings. The molecule has 17 heavy (non-hydrogen) atoms. The van der Waals surface area contributed by atoms with Crippen LogP contribution < -0.4 is 4.72 Å². The Hall–Kier alpha value is -0.430. The minimum Gasteiger partial charge on any atom is -0.391 e. The van der Waals surface area contributed by atoms with Crippen LogP contribution in [-0.4, -0.2) is 20.1 Å². The molecule has 0 unspecified atom stereocenters. The summed E-state index contributed by atoms with van der Waals surface area (Å²) < 4.78 is 26.8. The van der Waals surface area contributed by atoms with Gasteiger partial charge in [0, 0.05) is 11.4 Å². The summed E-state index contributed by atoms with van der Waals surface area (Å²) in [4.78, 5) is 0.672. The van der Waals surface area contributed by atoms with E-state index in [9.17, 15) is 8.42 Å². The van der Waals surface area contributed by atoms with Gasteiger partial charge in [0.2, 0.25) is 10.0 Å². The average Bonchev–Trinajstić information content (AvgIpc) is 2.98. The zero-order valence-corrected chi connectivity index (χ0v) is 11.2. The summed E-state index contributed by atoms with van der Waals surface area (Å²) >= 11 is 1.12. The number of sulfonamides is 1. The molecule has 1 saturated carbocycles. The van der Waals surface area contributed by atoms with Crippen molar-refractivity contribution in [2.45, 2.75) is 36.5 Å². The normalized spacial score (nSPS) is 17.7. The van der Waals surface area contributed by atoms with Gasteiger partial charge in [0.1, 0.15) is 4.21 Å². The van der Waals surface area contributed by atoms with Crippen molar-refractivity contribution in [1.82, 2.24) is 4.72 Å². The molecule has 2 rings (SSSR count). The van der Waals surface area contributed by atoms with Crippen molar-refractivity contribution in [3.05, 3.63) is 17.0 Å². The molecule has 6 heteroatoms. The molecule has 96 valence electrons. The van der Waals surface area contributed by atoms with E-state index >= 15 is 0 Å². The van der Waals surface area contributed by atoms with Crippen LogP contribution in [0.2, 0.25) is 0 Å². The Balaban J connectivity index is 1.97. The molecule has 0 aliphatic heterocycles. The standard InChI is InChI=1S/C11H17NO3S2/c13-8-10-5-6-11(16-10)17(14,15)12-7-9-3-1-2-4-9/h5-6,9,12-13H,1-4,7-8H2. The summed E-state index contributed by atoms with van der Waals surface area (Å²) in [6.45, 7) is 0.428. The minimum atomic E-state index is -3.38. The summed E-state index contributed by atoms with van der Waals surface area (Å²) in [5, 5.41) is 8.91. The summed E-state index contributed by atoms with van der Waals surface area (Å²) in [6, 6.07) is 3.20. The van der Waals surface area contributed by atoms with E-state index in [1.54, 1.807) is 12.1 Å². The maximum atomic E-state index is 11.9. The molecular formula is C11H17NO3S2. The molecule has 2 N–H and O–H groups in total. The smallest absolute Gasteiger partial charge is 0.250 e. The lowest BCUT2D eigenvalue weighted by Gasteiger charge is -2.09. The third-order valence-corrected chi connectivity index (χ3v) is 6.08. The average molecular weight is 275 g/mol. The lowest BCUT2D eigenvalue weighted by molar-refractivity contribution is 0.285. The molecule has 1 aromatic heterocycles. The summed E-state index contributed by atoms with van der Waals surface area (Å²) in [7, 11) is -3.38. The van der Waals surface area contributed by atoms with Crippen molar-refractivity contribution in [2.75, 3.05) is 6.54 Å². The third-order valence-electron chi connectivity index (χ3n) is 3.09. The molecular weight excluding hydrogens is 258 g/mol. The zero-order chi connectivity index (χ0) is 12.3. The van der Waals surface area contributed by atoms with Gasteiger partial charge in [-0.25, -0.2) is 13.1 Å². The van der Waals surface area contributed by atoms with Crippen LogP contribution in [0, 0.1) is 5.92 Å². The monoisotopic (exact) mass is 275 g/mol. The Kier molecular flexibility index (Phi) is 4.19. The van der Waals surface area contributed by atoms with Crippen molar-refractivity contribution in [2.24, 2.45) is 5.92 Å². The molecule has 4 nitrogen and oxygen atoms in total. The number of hydrogen-bond acceptors (Lipinski definition) is 4. The second kappa shape index (κ2) is 5.48. The fourth-order valence-electron chi connectivity index (χ4n) is 2.10. The zero-order valence-electron chi connectivity index (χ0n) is 9.55. The maximum absolute atomic E-state index is 11.9. The van der Waals surface area contributed by atoms with Crippen LogP contribution in [0.4, 0.5) is 0 Å². The molecule has 0 radical (unpaired) electrons. The fourth-order valence-corrected chi connectivity index (χ4v) is 4.48. The van der Waals surface area contributed by atoms with E-state index in [2.05, 4.69) is 4.72 Å². The highest BCUT2D eigenvalue weighted by Gasteiger charge is 2.20. The van der Waals surface area contributed by atoms with Gasteiger partial charge in [-0.2, -0.15) is 0 Å². The first-order valence-corrected chi connectivity index (χ1v) is 8.11. The van der Waals surface area contributed by atoms with E-state index < -0.39 is 10.0 Å². The van der Waals surface area contributed by atoms with Crippen molar-refractivity contribution in [1.29, 1.82) is 0 Å². The van der Waals surface area contributed by atoms with Gasteiger partial charge >= 0.3 is 0 Å². The first-order valence-electron chi connectivity index (χ1n) is 5.81. The number of nitrogens with one attached hydrogen (secondary N) is 1. The highest BCUT2D eigenvalue weighted by atomic mass is 32.2. The molecule has 0 atom stereocenters. The number of hydrogen-bond donors (Lipinski definition) is 2. The van der Waals surface area contributed by atoms with Gasteiger partial charge in [-0.3, -0.25) is 0 Å². The first-order chi connectivity index (χ1) is 8.12. The fraction of sp³-hybridized carbons (Fsp3) is 0.636. The molecule has 1 aliphatic carbocycles. The van der Waals surface area contributed by atoms with E-state index in [0.717, 1.165) is 24.2 Å². The van der Waals surface area contributed by atoms with Gasteiger partial charge in [-0.15, -0.1) is 11.3 Å². The molecule has 0 bridgehead atoms. The molecule has 1 aromatic rings. The van der Waals surface area contributed by atoms with E-state index in [0.29, 0.717) is 21.5 Å². The van der Waals surface area contributed by atoms with E-state index in [1.165, 1.54) is 12.8 Å². The molecule has 0 aromatic carbocycles. The lowest BCUT2D eigenvalue weighted by atomic mass is 10.1. The van der Waals surface area contributed by atoms with Gasteiger partial charge in [-0.1, -0.05) is 12.8 Å². The first kappa shape index (κ1) is 13.0. The summed E-state index contributed by atoms with van der Waals surface area (Å²) in [5.74, 6) is 0.488. The molecule has 1 heterocycles. The molecule has 1 fully saturated rings. The Bertz CT molecular complexity index is 461. The minimum absolute atomic E-state index is 0.108. The van der Waals surface area contributed by atoms with E-state index in [4.69, 9.17) is 5.11 Å². The summed E-state index contributed by atoms with van der Waals surface area (Å²) in [5.41, 5.74) is 0. The van der Waals surface area contributed by atoms with Crippen LogP contribution in [0.25, 0.3) is 0 Å². The molecule has 0 spiro atoms. The van der Waals surface area contributed by atoms with Gasteiger partial charge in [0.05, 0.1) is 6.61 Å². The Morgan fingerprint density at radius 1 is 1.35 bits per heavy atom. The number of aliphatic hydroxyl groups is 1. The number of rotatable bonds is 5. The van der Waals surface area contributed by atoms with E-state index in [1.807, 2.05) is 0 Å². The van der Waals surface area contributed by atoms with Crippen molar-refractivity contribution < 1.29 is 13.5 Å². The van der Waals surface area contributed by atoms with Crippen molar-refractivity contribution >= 4 is 21.4 Å². The summed E-state index contributed by atoms with van der Waals surface area (Å²) in [6.07, 6.45) is 4.66. The van der Waals surface area contributed by atoms with E-state index in [-0.39, 0.29) is 6.61 Å². The molecule has 0 amide bonds. The van der Waals surface area contributed by atoms with Crippen LogP contribution in [-0.2, 0) is 16.6 Å². The third kappa shape index (κ3) is 3.28. The second-order valence-corrected chi connectivity index (χ2v) is 7.54. The van der Waals surface area contributed by atoms with Gasteiger partial charge in [0.25, 0.3) is 0 Å². The van der Waals surface area contributed by atoms with Crippen molar-refractivity contribution in [3.8, 4) is 0 Å². The Morgan fingerprint density at radius 3 is 2.65 bits per heavy atom. The Morgan fingerprint density at radius 2 is 2.06 bits per heavy atom. The number of thiophene rings is 1. The highest BCUT2D eigenvalue weighted by molar-refractivity contribution is 7.91. The maximum Gasteiger partial charge on any atom is 0.250 e. The Labute approximate surface area is 106 Å². The SMILES string of the molecule is O=S(=O)(NCC1CCCC1)c1ccc(CO)s1. The number of aliphatic hydroxyl groups excluding tert-OH is 1. The van der Waals surface area contributed by atoms with Gasteiger partial charge in [0.15, 0.2) is 0 Å². The lowest BCUT2D eigenvalue weighted by Crippen LogP contribution is -2.27. The highest BCUT2D eigenvalue weighted by Crippen LogP contribution is 2.25. The van der Waals surface area contributed by atoms with Gasteiger partial charge in [-0.05, 0) is 30.9 Å². The van der Waals surface area contributed by atoms with Crippen molar-refractivity contribution in [3.63, 3.8) is 0 Å². The predicted molar refractivity (Wildman–Crippen MR) is 67.4 cm³/mol. The molecule has 0 saturated heterocycles. The largest absolute Gasteiger partial charge is 0.391 e. The van der Waals surface area contributed by atoms with Crippen LogP contribution in [0.1, 0.15) is 30.6 Å². The quantitative estimate of drug-likeness (QED) is 0.859. The predicted octanol–water partition coefficient (Wildman–Crippen LogP) is 1.71. The van der Waals surface area contributed by atoms with Crippen LogP contribution >= 0.6 is 11.3 Å². The van der Waals surface area contributed by atoms with Crippen LogP contribution in [0.5, 0.6) is 0 Å².